The largest absolute Gasteiger partial charge is 0.357 e. The van der Waals surface area contributed by atoms with Crippen LogP contribution in [-0.4, -0.2) is 44.8 Å². The summed E-state index contributed by atoms with van der Waals surface area (Å²) in [6, 6.07) is 19.5. The first kappa shape index (κ1) is 27.2. The molecule has 0 bridgehead atoms. The van der Waals surface area contributed by atoms with Crippen LogP contribution in [0.4, 0.5) is 5.69 Å². The van der Waals surface area contributed by atoms with Crippen molar-refractivity contribution >= 4 is 39.1 Å². The van der Waals surface area contributed by atoms with E-state index in [0.29, 0.717) is 5.02 Å². The summed E-state index contributed by atoms with van der Waals surface area (Å²) in [7, 11) is -2.62. The Morgan fingerprint density at radius 1 is 0.972 bits per heavy atom. The summed E-state index contributed by atoms with van der Waals surface area (Å²) in [5, 5.41) is 2.95. The number of nitrogens with zero attached hydrogens (tertiary/aromatic N) is 2. The molecule has 2 amide bonds. The minimum atomic E-state index is -4.12. The van der Waals surface area contributed by atoms with E-state index >= 15 is 0 Å². The molecule has 0 aliphatic rings. The molecule has 0 aromatic heterocycles. The molecule has 0 radical (unpaired) electrons. The van der Waals surface area contributed by atoms with Gasteiger partial charge >= 0.3 is 0 Å². The Morgan fingerprint density at radius 3 is 2.28 bits per heavy atom. The van der Waals surface area contributed by atoms with Crippen molar-refractivity contribution in [1.29, 1.82) is 0 Å². The number of aryl methyl sites for hydroxylation is 2. The quantitative estimate of drug-likeness (QED) is 0.449. The van der Waals surface area contributed by atoms with E-state index in [0.717, 1.165) is 21.0 Å². The first-order chi connectivity index (χ1) is 17.0. The smallest absolute Gasteiger partial charge is 0.264 e. The van der Waals surface area contributed by atoms with E-state index in [4.69, 9.17) is 11.6 Å². The zero-order chi connectivity index (χ0) is 26.5. The van der Waals surface area contributed by atoms with Crippen molar-refractivity contribution in [3.05, 3.63) is 94.5 Å². The van der Waals surface area contributed by atoms with Gasteiger partial charge < -0.3 is 10.2 Å². The van der Waals surface area contributed by atoms with Gasteiger partial charge in [-0.3, -0.25) is 13.9 Å². The summed E-state index contributed by atoms with van der Waals surface area (Å²) in [5.74, 6) is -0.879. The van der Waals surface area contributed by atoms with Gasteiger partial charge in [-0.1, -0.05) is 65.7 Å². The second-order valence-electron chi connectivity index (χ2n) is 8.56. The summed E-state index contributed by atoms with van der Waals surface area (Å²) in [6.07, 6.45) is 0. The van der Waals surface area contributed by atoms with Crippen LogP contribution in [0.1, 0.15) is 23.6 Å². The predicted octanol–water partition coefficient (Wildman–Crippen LogP) is 4.32. The van der Waals surface area contributed by atoms with E-state index in [1.165, 1.54) is 30.1 Å². The molecule has 1 atom stereocenters. The number of amides is 2. The van der Waals surface area contributed by atoms with Gasteiger partial charge in [-0.15, -0.1) is 0 Å². The molecule has 3 aromatic rings. The number of hydrogen-bond acceptors (Lipinski definition) is 4. The van der Waals surface area contributed by atoms with Crippen LogP contribution < -0.4 is 9.62 Å². The number of rotatable bonds is 9. The van der Waals surface area contributed by atoms with Gasteiger partial charge in [0.1, 0.15) is 12.6 Å². The van der Waals surface area contributed by atoms with Crippen molar-refractivity contribution in [1.82, 2.24) is 10.2 Å². The Morgan fingerprint density at radius 2 is 1.67 bits per heavy atom. The van der Waals surface area contributed by atoms with Crippen molar-refractivity contribution in [2.24, 2.45) is 0 Å². The zero-order valence-electron chi connectivity index (χ0n) is 20.7. The number of sulfonamides is 1. The molecule has 0 unspecified atom stereocenters. The number of hydrogen-bond donors (Lipinski definition) is 1. The summed E-state index contributed by atoms with van der Waals surface area (Å²) in [5.41, 5.74) is 2.87. The molecule has 3 aromatic carbocycles. The van der Waals surface area contributed by atoms with Crippen LogP contribution in [0.25, 0.3) is 0 Å². The molecule has 0 aliphatic carbocycles. The zero-order valence-corrected chi connectivity index (χ0v) is 22.3. The third-order valence-corrected chi connectivity index (χ3v) is 8.10. The first-order valence-electron chi connectivity index (χ1n) is 11.4. The van der Waals surface area contributed by atoms with Crippen LogP contribution in [0.3, 0.4) is 0 Å². The fourth-order valence-corrected chi connectivity index (χ4v) is 5.39. The fourth-order valence-electron chi connectivity index (χ4n) is 3.78. The Labute approximate surface area is 217 Å². The van der Waals surface area contributed by atoms with E-state index in [9.17, 15) is 18.0 Å². The average Bonchev–Trinajstić information content (AvgIpc) is 2.87. The summed E-state index contributed by atoms with van der Waals surface area (Å²) in [4.78, 5) is 27.7. The highest BCUT2D eigenvalue weighted by Crippen LogP contribution is 2.28. The molecule has 190 valence electrons. The van der Waals surface area contributed by atoms with Crippen molar-refractivity contribution < 1.29 is 18.0 Å². The molecule has 1 N–H and O–H groups in total. The molecule has 0 spiro atoms. The lowest BCUT2D eigenvalue weighted by Gasteiger charge is -2.32. The maximum atomic E-state index is 13.7. The van der Waals surface area contributed by atoms with Crippen LogP contribution in [0.5, 0.6) is 0 Å². The Balaban J connectivity index is 2.05. The van der Waals surface area contributed by atoms with E-state index in [2.05, 4.69) is 5.32 Å². The van der Waals surface area contributed by atoms with E-state index < -0.39 is 28.5 Å². The topological polar surface area (TPSA) is 86.8 Å². The third-order valence-electron chi connectivity index (χ3n) is 5.90. The number of nitrogens with one attached hydrogen (secondary N) is 1. The molecule has 9 heteroatoms. The second kappa shape index (κ2) is 11.6. The van der Waals surface area contributed by atoms with Gasteiger partial charge in [-0.25, -0.2) is 8.42 Å². The number of halogens is 1. The number of anilines is 1. The van der Waals surface area contributed by atoms with E-state index in [1.54, 1.807) is 37.3 Å². The highest BCUT2D eigenvalue weighted by atomic mass is 35.5. The summed E-state index contributed by atoms with van der Waals surface area (Å²) < 4.78 is 28.4. The minimum absolute atomic E-state index is 0.0408. The lowest BCUT2D eigenvalue weighted by atomic mass is 10.1. The monoisotopic (exact) mass is 527 g/mol. The molecule has 0 fully saturated rings. The van der Waals surface area contributed by atoms with Crippen LogP contribution in [0.2, 0.25) is 5.02 Å². The minimum Gasteiger partial charge on any atom is -0.357 e. The molecule has 0 aliphatic heterocycles. The van der Waals surface area contributed by atoms with Crippen LogP contribution in [0.15, 0.2) is 77.7 Å². The van der Waals surface area contributed by atoms with Gasteiger partial charge in [-0.05, 0) is 56.2 Å². The molecule has 3 rings (SSSR count). The second-order valence-corrected chi connectivity index (χ2v) is 10.8. The standard InChI is InChI=1S/C27H30ClN3O4S/c1-19-9-8-10-22(15-19)17-30(21(3)27(33)29-4)26(32)18-31(23-14-13-20(2)25(28)16-23)36(34,35)24-11-6-5-7-12-24/h5-16,21H,17-18H2,1-4H3,(H,29,33)/t21-/m1/s1. The maximum Gasteiger partial charge on any atom is 0.264 e. The molecular formula is C27H30ClN3O4S. The van der Waals surface area contributed by atoms with Gasteiger partial charge in [-0.2, -0.15) is 0 Å². The van der Waals surface area contributed by atoms with Gasteiger partial charge in [0.05, 0.1) is 10.6 Å². The average molecular weight is 528 g/mol. The van der Waals surface area contributed by atoms with Crippen LogP contribution in [-0.2, 0) is 26.2 Å². The number of carbonyl (C=O) groups excluding carboxylic acids is 2. The highest BCUT2D eigenvalue weighted by molar-refractivity contribution is 7.92. The summed E-state index contributed by atoms with van der Waals surface area (Å²) in [6.45, 7) is 4.99. The lowest BCUT2D eigenvalue weighted by molar-refractivity contribution is -0.139. The molecule has 36 heavy (non-hydrogen) atoms. The summed E-state index contributed by atoms with van der Waals surface area (Å²) >= 11 is 6.32. The number of likely N-dealkylation sites (N-methyl/N-ethyl adjacent to an activating group) is 1. The van der Waals surface area contributed by atoms with Crippen LogP contribution >= 0.6 is 11.6 Å². The van der Waals surface area contributed by atoms with Crippen molar-refractivity contribution in [3.63, 3.8) is 0 Å². The Bertz CT molecular complexity index is 1350. The van der Waals surface area contributed by atoms with Crippen LogP contribution in [0, 0.1) is 13.8 Å². The molecular weight excluding hydrogens is 498 g/mol. The van der Waals surface area contributed by atoms with E-state index in [-0.39, 0.29) is 23.0 Å². The molecule has 0 saturated carbocycles. The van der Waals surface area contributed by atoms with Crippen molar-refractivity contribution in [2.45, 2.75) is 38.3 Å². The van der Waals surface area contributed by atoms with Crippen molar-refractivity contribution in [3.8, 4) is 0 Å². The Kier molecular flexibility index (Phi) is 8.76. The fraction of sp³-hybridized carbons (Fsp3) is 0.259. The van der Waals surface area contributed by atoms with Gasteiger partial charge in [0.15, 0.2) is 0 Å². The lowest BCUT2D eigenvalue weighted by Crippen LogP contribution is -2.50. The van der Waals surface area contributed by atoms with Gasteiger partial charge in [0, 0.05) is 18.6 Å². The van der Waals surface area contributed by atoms with Gasteiger partial charge in [0.2, 0.25) is 11.8 Å². The number of benzene rings is 3. The highest BCUT2D eigenvalue weighted by Gasteiger charge is 2.32. The molecule has 7 nitrogen and oxygen atoms in total. The third kappa shape index (κ3) is 6.25. The maximum absolute atomic E-state index is 13.7. The van der Waals surface area contributed by atoms with E-state index in [1.807, 2.05) is 38.1 Å². The molecule has 0 saturated heterocycles. The normalized spacial score (nSPS) is 12.0. The predicted molar refractivity (Wildman–Crippen MR) is 142 cm³/mol. The number of carbonyl (C=O) groups is 2. The SMILES string of the molecule is CNC(=O)[C@@H](C)N(Cc1cccc(C)c1)C(=O)CN(c1ccc(C)c(Cl)c1)S(=O)(=O)c1ccccc1. The molecule has 0 heterocycles. The Hall–Kier alpha value is -3.36. The first-order valence-corrected chi connectivity index (χ1v) is 13.3. The van der Waals surface area contributed by atoms with Gasteiger partial charge in [0.25, 0.3) is 10.0 Å². The van der Waals surface area contributed by atoms with Crippen molar-refractivity contribution in [2.75, 3.05) is 17.9 Å².